The molecule has 2 aromatic carbocycles. The summed E-state index contributed by atoms with van der Waals surface area (Å²) in [7, 11) is 0. The zero-order chi connectivity index (χ0) is 14.5. The summed E-state index contributed by atoms with van der Waals surface area (Å²) in [5.74, 6) is -0.580. The number of hydrogen-bond donors (Lipinski definition) is 2. The van der Waals surface area contributed by atoms with Crippen LogP contribution in [0.2, 0.25) is 0 Å². The molecule has 1 atom stereocenters. The molecule has 0 aromatic heterocycles. The van der Waals surface area contributed by atoms with Crippen LogP contribution in [0.3, 0.4) is 0 Å². The fourth-order valence-corrected chi connectivity index (χ4v) is 2.07. The fourth-order valence-electron chi connectivity index (χ4n) is 2.07. The second-order valence-corrected chi connectivity index (χ2v) is 4.73. The monoisotopic (exact) mass is 272 g/mol. The summed E-state index contributed by atoms with van der Waals surface area (Å²) >= 11 is 0. The van der Waals surface area contributed by atoms with Gasteiger partial charge in [-0.15, -0.1) is 0 Å². The van der Waals surface area contributed by atoms with Gasteiger partial charge in [-0.1, -0.05) is 30.3 Å². The van der Waals surface area contributed by atoms with Gasteiger partial charge in [0.25, 0.3) is 0 Å². The quantitative estimate of drug-likeness (QED) is 0.879. The van der Waals surface area contributed by atoms with E-state index in [2.05, 4.69) is 5.32 Å². The van der Waals surface area contributed by atoms with Crippen molar-refractivity contribution in [2.45, 2.75) is 19.4 Å². The summed E-state index contributed by atoms with van der Waals surface area (Å²) in [5.41, 5.74) is 7.49. The molecule has 0 aliphatic rings. The van der Waals surface area contributed by atoms with Crippen molar-refractivity contribution in [2.75, 3.05) is 5.32 Å². The Morgan fingerprint density at radius 2 is 1.85 bits per heavy atom. The van der Waals surface area contributed by atoms with Gasteiger partial charge in [-0.05, 0) is 30.7 Å². The number of anilines is 1. The molecular weight excluding hydrogens is 255 g/mol. The van der Waals surface area contributed by atoms with Crippen molar-refractivity contribution < 1.29 is 9.18 Å². The molecule has 3 nitrogen and oxygen atoms in total. The van der Waals surface area contributed by atoms with Crippen LogP contribution in [0.25, 0.3) is 0 Å². The van der Waals surface area contributed by atoms with Gasteiger partial charge in [0.1, 0.15) is 5.82 Å². The zero-order valence-corrected chi connectivity index (χ0v) is 11.3. The Bertz CT molecular complexity index is 596. The number of nitrogens with one attached hydrogen (secondary N) is 1. The average Bonchev–Trinajstić information content (AvgIpc) is 2.41. The van der Waals surface area contributed by atoms with E-state index in [0.717, 1.165) is 11.3 Å². The Balaban J connectivity index is 2.06. The largest absolute Gasteiger partial charge is 0.378 e. The lowest BCUT2D eigenvalue weighted by molar-refractivity contribution is -0.117. The van der Waals surface area contributed by atoms with Crippen molar-refractivity contribution in [2.24, 2.45) is 5.73 Å². The van der Waals surface area contributed by atoms with Crippen LogP contribution in [0, 0.1) is 5.82 Å². The molecular formula is C16H17FN2O. The Morgan fingerprint density at radius 1 is 1.20 bits per heavy atom. The molecule has 0 heterocycles. The first-order valence-electron chi connectivity index (χ1n) is 6.44. The molecule has 2 rings (SSSR count). The average molecular weight is 272 g/mol. The molecule has 0 aliphatic carbocycles. The summed E-state index contributed by atoms with van der Waals surface area (Å²) in [6, 6.07) is 13.9. The highest BCUT2D eigenvalue weighted by Crippen LogP contribution is 2.21. The fraction of sp³-hybridized carbons (Fsp3) is 0.188. The van der Waals surface area contributed by atoms with E-state index in [1.807, 2.05) is 37.3 Å². The van der Waals surface area contributed by atoms with Crippen molar-refractivity contribution in [3.8, 4) is 0 Å². The highest BCUT2D eigenvalue weighted by Gasteiger charge is 2.09. The van der Waals surface area contributed by atoms with Crippen LogP contribution >= 0.6 is 0 Å². The minimum Gasteiger partial charge on any atom is -0.378 e. The molecule has 1 amide bonds. The van der Waals surface area contributed by atoms with Crippen molar-refractivity contribution in [1.82, 2.24) is 0 Å². The van der Waals surface area contributed by atoms with E-state index in [-0.39, 0.29) is 24.2 Å². The van der Waals surface area contributed by atoms with E-state index < -0.39 is 0 Å². The Labute approximate surface area is 117 Å². The highest BCUT2D eigenvalue weighted by atomic mass is 19.1. The van der Waals surface area contributed by atoms with Crippen LogP contribution in [-0.2, 0) is 11.2 Å². The molecule has 0 saturated carbocycles. The van der Waals surface area contributed by atoms with Gasteiger partial charge in [0.15, 0.2) is 0 Å². The molecule has 0 aliphatic heterocycles. The first kappa shape index (κ1) is 14.1. The summed E-state index contributed by atoms with van der Waals surface area (Å²) in [4.78, 5) is 10.8. The van der Waals surface area contributed by atoms with E-state index in [0.29, 0.717) is 5.56 Å². The number of amides is 1. The molecule has 0 saturated heterocycles. The number of carbonyl (C=O) groups is 1. The van der Waals surface area contributed by atoms with Crippen molar-refractivity contribution in [3.63, 3.8) is 0 Å². The molecule has 3 N–H and O–H groups in total. The van der Waals surface area contributed by atoms with Gasteiger partial charge in [0.05, 0.1) is 12.5 Å². The van der Waals surface area contributed by atoms with E-state index in [4.69, 9.17) is 5.73 Å². The highest BCUT2D eigenvalue weighted by molar-refractivity contribution is 5.76. The van der Waals surface area contributed by atoms with Crippen molar-refractivity contribution >= 4 is 11.6 Å². The molecule has 2 aromatic rings. The lowest BCUT2D eigenvalue weighted by atomic mass is 10.1. The second-order valence-electron chi connectivity index (χ2n) is 4.73. The third-order valence-corrected chi connectivity index (χ3v) is 3.09. The number of carbonyl (C=O) groups excluding carboxylic acids is 1. The van der Waals surface area contributed by atoms with Crippen LogP contribution in [0.15, 0.2) is 48.5 Å². The van der Waals surface area contributed by atoms with Crippen LogP contribution in [-0.4, -0.2) is 5.91 Å². The van der Waals surface area contributed by atoms with Gasteiger partial charge in [-0.2, -0.15) is 0 Å². The van der Waals surface area contributed by atoms with Gasteiger partial charge in [0.2, 0.25) is 5.91 Å². The molecule has 1 unspecified atom stereocenters. The normalized spacial score (nSPS) is 11.9. The van der Waals surface area contributed by atoms with Gasteiger partial charge >= 0.3 is 0 Å². The smallest absolute Gasteiger partial charge is 0.221 e. The van der Waals surface area contributed by atoms with Gasteiger partial charge in [-0.3, -0.25) is 4.79 Å². The number of hydrogen-bond acceptors (Lipinski definition) is 2. The molecule has 104 valence electrons. The first-order valence-corrected chi connectivity index (χ1v) is 6.44. The SMILES string of the molecule is CC(Nc1ccc(CC(N)=O)cc1)c1ccccc1F. The third-order valence-electron chi connectivity index (χ3n) is 3.09. The zero-order valence-electron chi connectivity index (χ0n) is 11.3. The maximum absolute atomic E-state index is 13.7. The maximum atomic E-state index is 13.7. The lowest BCUT2D eigenvalue weighted by Gasteiger charge is -2.16. The standard InChI is InChI=1S/C16H17FN2O/c1-11(14-4-2-3-5-15(14)17)19-13-8-6-12(7-9-13)10-16(18)20/h2-9,11,19H,10H2,1H3,(H2,18,20). The lowest BCUT2D eigenvalue weighted by Crippen LogP contribution is -2.13. The van der Waals surface area contributed by atoms with Crippen molar-refractivity contribution in [1.29, 1.82) is 0 Å². The molecule has 0 fully saturated rings. The Hall–Kier alpha value is -2.36. The molecule has 0 radical (unpaired) electrons. The van der Waals surface area contributed by atoms with Gasteiger partial charge in [0, 0.05) is 11.3 Å². The third kappa shape index (κ3) is 3.57. The number of rotatable bonds is 5. The molecule has 0 spiro atoms. The number of nitrogens with two attached hydrogens (primary N) is 1. The van der Waals surface area contributed by atoms with Crippen LogP contribution in [0.5, 0.6) is 0 Å². The van der Waals surface area contributed by atoms with E-state index in [1.165, 1.54) is 6.07 Å². The predicted octanol–water partition coefficient (Wildman–Crippen LogP) is 3.03. The van der Waals surface area contributed by atoms with E-state index >= 15 is 0 Å². The Morgan fingerprint density at radius 3 is 2.45 bits per heavy atom. The summed E-state index contributed by atoms with van der Waals surface area (Å²) in [6.45, 7) is 1.90. The molecule has 4 heteroatoms. The number of primary amides is 1. The van der Waals surface area contributed by atoms with Gasteiger partial charge in [-0.25, -0.2) is 4.39 Å². The summed E-state index contributed by atoms with van der Waals surface area (Å²) in [6.07, 6.45) is 0.225. The molecule has 0 bridgehead atoms. The minimum absolute atomic E-state index is 0.141. The van der Waals surface area contributed by atoms with E-state index in [9.17, 15) is 9.18 Å². The van der Waals surface area contributed by atoms with Gasteiger partial charge < -0.3 is 11.1 Å². The van der Waals surface area contributed by atoms with Crippen LogP contribution < -0.4 is 11.1 Å². The number of benzene rings is 2. The van der Waals surface area contributed by atoms with E-state index in [1.54, 1.807) is 12.1 Å². The first-order chi connectivity index (χ1) is 9.56. The van der Waals surface area contributed by atoms with Crippen molar-refractivity contribution in [3.05, 3.63) is 65.5 Å². The summed E-state index contributed by atoms with van der Waals surface area (Å²) in [5, 5.41) is 3.22. The maximum Gasteiger partial charge on any atom is 0.221 e. The Kier molecular flexibility index (Phi) is 4.35. The topological polar surface area (TPSA) is 55.1 Å². The van der Waals surface area contributed by atoms with Crippen LogP contribution in [0.1, 0.15) is 24.1 Å². The predicted molar refractivity (Wildman–Crippen MR) is 77.8 cm³/mol. The van der Waals surface area contributed by atoms with Crippen LogP contribution in [0.4, 0.5) is 10.1 Å². The molecule has 20 heavy (non-hydrogen) atoms. The minimum atomic E-state index is -0.356. The second kappa shape index (κ2) is 6.19. The summed E-state index contributed by atoms with van der Waals surface area (Å²) < 4.78 is 13.7. The number of halogens is 1.